The van der Waals surface area contributed by atoms with Gasteiger partial charge >= 0.3 is 6.36 Å². The number of fused-ring (bicyclic) bond motifs is 1. The Bertz CT molecular complexity index is 1070. The molecule has 1 aromatic carbocycles. The maximum Gasteiger partial charge on any atom is 0.573 e. The first-order valence-corrected chi connectivity index (χ1v) is 9.62. The van der Waals surface area contributed by atoms with E-state index >= 15 is 0 Å². The Kier molecular flexibility index (Phi) is 5.36. The van der Waals surface area contributed by atoms with Gasteiger partial charge < -0.3 is 10.1 Å². The highest BCUT2D eigenvalue weighted by Crippen LogP contribution is 2.34. The number of nitrogens with one attached hydrogen (secondary N) is 1. The number of rotatable bonds is 5. The van der Waals surface area contributed by atoms with E-state index in [4.69, 9.17) is 0 Å². The molecular weight excluding hydrogens is 402 g/mol. The Morgan fingerprint density at radius 3 is 2.70 bits per heavy atom. The lowest BCUT2D eigenvalue weighted by atomic mass is 10.0. The smallest absolute Gasteiger partial charge is 0.406 e. The number of carbonyl (C=O) groups excluding carboxylic acids is 1. The quantitative estimate of drug-likeness (QED) is 0.549. The van der Waals surface area contributed by atoms with Gasteiger partial charge in [0.05, 0.1) is 5.69 Å². The van der Waals surface area contributed by atoms with Crippen LogP contribution in [-0.2, 0) is 4.79 Å². The lowest BCUT2D eigenvalue weighted by Gasteiger charge is -2.12. The molecule has 1 amide bonds. The van der Waals surface area contributed by atoms with E-state index in [9.17, 15) is 22.4 Å². The number of hydrogen-bond acceptors (Lipinski definition) is 3. The zero-order chi connectivity index (χ0) is 21.3. The first kappa shape index (κ1) is 20.2. The molecule has 1 fully saturated rings. The zero-order valence-corrected chi connectivity index (χ0v) is 15.9. The van der Waals surface area contributed by atoms with Crippen molar-refractivity contribution in [1.82, 2.24) is 9.38 Å². The number of hydrogen-bond donors (Lipinski definition) is 1. The molecule has 0 aliphatic heterocycles. The van der Waals surface area contributed by atoms with Crippen molar-refractivity contribution in [2.24, 2.45) is 5.92 Å². The lowest BCUT2D eigenvalue weighted by Crippen LogP contribution is -2.17. The van der Waals surface area contributed by atoms with Crippen molar-refractivity contribution < 1.29 is 27.1 Å². The number of alkyl halides is 3. The molecular formula is C21H19F4N3O2. The van der Waals surface area contributed by atoms with Crippen molar-refractivity contribution in [2.45, 2.75) is 38.5 Å². The van der Waals surface area contributed by atoms with E-state index in [1.807, 2.05) is 0 Å². The molecule has 0 saturated heterocycles. The summed E-state index contributed by atoms with van der Waals surface area (Å²) in [7, 11) is 0. The topological polar surface area (TPSA) is 55.6 Å². The van der Waals surface area contributed by atoms with Gasteiger partial charge in [-0.3, -0.25) is 9.20 Å². The molecule has 4 rings (SSSR count). The van der Waals surface area contributed by atoms with Crippen LogP contribution < -0.4 is 10.1 Å². The van der Waals surface area contributed by atoms with Gasteiger partial charge in [-0.25, -0.2) is 9.37 Å². The second-order valence-corrected chi connectivity index (χ2v) is 7.36. The number of aromatic nitrogens is 2. The highest BCUT2D eigenvalue weighted by molar-refractivity contribution is 5.94. The van der Waals surface area contributed by atoms with Crippen molar-refractivity contribution in [3.05, 3.63) is 48.4 Å². The number of benzene rings is 1. The second kappa shape index (κ2) is 7.97. The maximum absolute atomic E-state index is 13.9. The van der Waals surface area contributed by atoms with Gasteiger partial charge in [0, 0.05) is 18.2 Å². The van der Waals surface area contributed by atoms with Gasteiger partial charge in [-0.15, -0.1) is 13.2 Å². The number of halogens is 4. The van der Waals surface area contributed by atoms with Crippen LogP contribution in [0, 0.1) is 11.7 Å². The fraction of sp³-hybridized carbons (Fsp3) is 0.333. The fourth-order valence-electron chi connectivity index (χ4n) is 3.88. The molecule has 3 aromatic rings. The first-order chi connectivity index (χ1) is 14.3. The highest BCUT2D eigenvalue weighted by Gasteiger charge is 2.31. The van der Waals surface area contributed by atoms with E-state index in [0.717, 1.165) is 25.7 Å². The number of imidazole rings is 1. The molecule has 1 aliphatic carbocycles. The molecule has 0 atom stereocenters. The van der Waals surface area contributed by atoms with Gasteiger partial charge in [-0.1, -0.05) is 25.0 Å². The molecule has 5 nitrogen and oxygen atoms in total. The zero-order valence-electron chi connectivity index (χ0n) is 15.9. The summed E-state index contributed by atoms with van der Waals surface area (Å²) in [6, 6.07) is 7.93. The summed E-state index contributed by atoms with van der Waals surface area (Å²) in [5.41, 5.74) is 0.924. The van der Waals surface area contributed by atoms with E-state index < -0.39 is 17.9 Å². The number of amides is 1. The SMILES string of the molecule is O=C(CC1CCCC1)Nc1nc2ccc(F)cn2c1-c1cccc(OC(F)(F)F)c1. The summed E-state index contributed by atoms with van der Waals surface area (Å²) in [4.78, 5) is 16.9. The summed E-state index contributed by atoms with van der Waals surface area (Å²) in [5.74, 6) is -0.726. The van der Waals surface area contributed by atoms with E-state index in [1.54, 1.807) is 6.07 Å². The normalized spacial score (nSPS) is 14.9. The van der Waals surface area contributed by atoms with E-state index in [0.29, 0.717) is 23.5 Å². The summed E-state index contributed by atoms with van der Waals surface area (Å²) >= 11 is 0. The minimum absolute atomic E-state index is 0.160. The maximum atomic E-state index is 13.9. The van der Waals surface area contributed by atoms with E-state index in [-0.39, 0.29) is 17.4 Å². The van der Waals surface area contributed by atoms with Crippen LogP contribution in [0.15, 0.2) is 42.6 Å². The monoisotopic (exact) mass is 421 g/mol. The lowest BCUT2D eigenvalue weighted by molar-refractivity contribution is -0.274. The van der Waals surface area contributed by atoms with Crippen molar-refractivity contribution in [2.75, 3.05) is 5.32 Å². The summed E-state index contributed by atoms with van der Waals surface area (Å²) < 4.78 is 57.1. The highest BCUT2D eigenvalue weighted by atomic mass is 19.4. The molecule has 0 bridgehead atoms. The van der Waals surface area contributed by atoms with Crippen molar-refractivity contribution in [3.8, 4) is 17.0 Å². The van der Waals surface area contributed by atoms with Gasteiger partial charge in [-0.2, -0.15) is 0 Å². The van der Waals surface area contributed by atoms with Crippen LogP contribution >= 0.6 is 0 Å². The fourth-order valence-corrected chi connectivity index (χ4v) is 3.88. The third-order valence-electron chi connectivity index (χ3n) is 5.13. The van der Waals surface area contributed by atoms with Crippen LogP contribution in [0.5, 0.6) is 5.75 Å². The van der Waals surface area contributed by atoms with Gasteiger partial charge in [0.15, 0.2) is 5.82 Å². The van der Waals surface area contributed by atoms with Gasteiger partial charge in [-0.05, 0) is 43.0 Å². The molecule has 30 heavy (non-hydrogen) atoms. The Balaban J connectivity index is 1.72. The Morgan fingerprint density at radius 2 is 1.97 bits per heavy atom. The van der Waals surface area contributed by atoms with E-state index in [2.05, 4.69) is 15.0 Å². The predicted octanol–water partition coefficient (Wildman–Crippen LogP) is 5.56. The molecule has 1 N–H and O–H groups in total. The number of pyridine rings is 1. The third-order valence-corrected chi connectivity index (χ3v) is 5.13. The number of ether oxygens (including phenoxy) is 1. The molecule has 1 saturated carbocycles. The minimum Gasteiger partial charge on any atom is -0.406 e. The van der Waals surface area contributed by atoms with Crippen molar-refractivity contribution in [1.29, 1.82) is 0 Å². The standard InChI is InChI=1S/C21H19F4N3O2/c22-15-8-9-17-26-20(27-18(29)10-13-4-1-2-5-13)19(28(17)12-15)14-6-3-7-16(11-14)30-21(23,24)25/h3,6-9,11-13H,1-2,4-5,10H2,(H,27,29). The Labute approximate surface area is 169 Å². The molecule has 0 unspecified atom stereocenters. The van der Waals surface area contributed by atoms with Crippen LogP contribution in [0.1, 0.15) is 32.1 Å². The van der Waals surface area contributed by atoms with Gasteiger partial charge in [0.25, 0.3) is 0 Å². The molecule has 2 heterocycles. The number of carbonyl (C=O) groups is 1. The largest absolute Gasteiger partial charge is 0.573 e. The average molecular weight is 421 g/mol. The Hall–Kier alpha value is -3.10. The minimum atomic E-state index is -4.84. The van der Waals surface area contributed by atoms with E-state index in [1.165, 1.54) is 40.9 Å². The summed E-state index contributed by atoms with van der Waals surface area (Å²) in [6.45, 7) is 0. The van der Waals surface area contributed by atoms with Gasteiger partial charge in [0.1, 0.15) is 17.2 Å². The molecule has 0 radical (unpaired) electrons. The van der Waals surface area contributed by atoms with Crippen LogP contribution in [0.4, 0.5) is 23.4 Å². The third kappa shape index (κ3) is 4.55. The van der Waals surface area contributed by atoms with Crippen LogP contribution in [0.3, 0.4) is 0 Å². The average Bonchev–Trinajstić information content (AvgIpc) is 3.27. The van der Waals surface area contributed by atoms with Crippen molar-refractivity contribution >= 4 is 17.4 Å². The van der Waals surface area contributed by atoms with Crippen LogP contribution in [-0.4, -0.2) is 21.7 Å². The first-order valence-electron chi connectivity index (χ1n) is 9.62. The molecule has 9 heteroatoms. The Morgan fingerprint density at radius 1 is 1.20 bits per heavy atom. The van der Waals surface area contributed by atoms with Crippen LogP contribution in [0.2, 0.25) is 0 Å². The predicted molar refractivity (Wildman–Crippen MR) is 102 cm³/mol. The van der Waals surface area contributed by atoms with Crippen molar-refractivity contribution in [3.63, 3.8) is 0 Å². The van der Waals surface area contributed by atoms with Gasteiger partial charge in [0.2, 0.25) is 5.91 Å². The summed E-state index contributed by atoms with van der Waals surface area (Å²) in [5, 5.41) is 2.76. The molecule has 158 valence electrons. The molecule has 0 spiro atoms. The number of nitrogens with zero attached hydrogens (tertiary/aromatic N) is 2. The van der Waals surface area contributed by atoms with Crippen LogP contribution in [0.25, 0.3) is 16.9 Å². The molecule has 1 aliphatic rings. The molecule has 2 aromatic heterocycles. The summed E-state index contributed by atoms with van der Waals surface area (Å²) in [6.07, 6.45) is 0.857. The number of anilines is 1. The second-order valence-electron chi connectivity index (χ2n) is 7.36.